The summed E-state index contributed by atoms with van der Waals surface area (Å²) in [5.74, 6) is -1.90. The number of ether oxygens (including phenoxy) is 2. The van der Waals surface area contributed by atoms with E-state index in [0.29, 0.717) is 25.9 Å². The molecule has 0 radical (unpaired) electrons. The minimum Gasteiger partial charge on any atom is -0.405 e. The van der Waals surface area contributed by atoms with E-state index in [4.69, 9.17) is 13.9 Å². The molecule has 1 aromatic heterocycles. The Morgan fingerprint density at radius 1 is 0.974 bits per heavy atom. The third-order valence-electron chi connectivity index (χ3n) is 7.96. The Labute approximate surface area is 229 Å². The van der Waals surface area contributed by atoms with E-state index in [0.717, 1.165) is 30.0 Å². The van der Waals surface area contributed by atoms with E-state index >= 15 is 0 Å². The summed E-state index contributed by atoms with van der Waals surface area (Å²) < 4.78 is 35.3. The SMILES string of the molecule is CC(C)(C)[Si](OC[C@@H]1CCC[C@]2(CCC[C@@H](n3cc(F)c(=O)[nH]c3=O)O2)O1)(c1ccccc1)c1ccccc1. The van der Waals surface area contributed by atoms with Crippen LogP contribution in [0.5, 0.6) is 0 Å². The number of aromatic nitrogens is 2. The second kappa shape index (κ2) is 11.0. The van der Waals surface area contributed by atoms with Crippen molar-refractivity contribution in [3.8, 4) is 0 Å². The van der Waals surface area contributed by atoms with Gasteiger partial charge in [0, 0.05) is 12.8 Å². The highest BCUT2D eigenvalue weighted by atomic mass is 28.4. The Balaban J connectivity index is 1.40. The molecule has 2 aliphatic heterocycles. The molecule has 3 heterocycles. The molecule has 2 saturated heterocycles. The number of rotatable bonds is 6. The van der Waals surface area contributed by atoms with Crippen molar-refractivity contribution in [2.24, 2.45) is 0 Å². The molecular formula is C30H37FN2O5Si. The van der Waals surface area contributed by atoms with Crippen LogP contribution in [0.4, 0.5) is 4.39 Å². The van der Waals surface area contributed by atoms with Crippen molar-refractivity contribution in [3.05, 3.63) is 93.5 Å². The maximum absolute atomic E-state index is 14.0. The minimum atomic E-state index is -2.72. The second-order valence-electron chi connectivity index (χ2n) is 11.6. The molecule has 3 aromatic rings. The van der Waals surface area contributed by atoms with Gasteiger partial charge in [-0.15, -0.1) is 0 Å². The van der Waals surface area contributed by atoms with Crippen LogP contribution in [0.25, 0.3) is 0 Å². The number of halogens is 1. The first-order valence-electron chi connectivity index (χ1n) is 13.8. The van der Waals surface area contributed by atoms with Crippen LogP contribution >= 0.6 is 0 Å². The standard InChI is InChI=1S/C30H37FN2O5Si/c1-29(2,3)39(23-13-6-4-7-14-23,24-15-8-5-9-16-24)36-21-22-12-10-18-30(37-22)19-11-17-26(38-30)33-20-25(31)27(34)32-28(33)35/h4-9,13-16,20,22,26H,10-12,17-19,21H2,1-3H3,(H,32,34,35)/t22-,26-,30-/m0/s1. The number of hydrogen-bond acceptors (Lipinski definition) is 5. The first kappa shape index (κ1) is 27.7. The largest absolute Gasteiger partial charge is 0.405 e. The number of nitrogens with zero attached hydrogens (tertiary/aromatic N) is 1. The Morgan fingerprint density at radius 2 is 1.56 bits per heavy atom. The van der Waals surface area contributed by atoms with E-state index in [9.17, 15) is 14.0 Å². The van der Waals surface area contributed by atoms with Crippen LogP contribution in [0.3, 0.4) is 0 Å². The maximum Gasteiger partial charge on any atom is 0.330 e. The van der Waals surface area contributed by atoms with Crippen LogP contribution < -0.4 is 21.6 Å². The molecule has 0 unspecified atom stereocenters. The Kier molecular flexibility index (Phi) is 7.79. The van der Waals surface area contributed by atoms with Gasteiger partial charge < -0.3 is 13.9 Å². The van der Waals surface area contributed by atoms with Crippen molar-refractivity contribution in [2.45, 2.75) is 82.5 Å². The molecule has 0 saturated carbocycles. The molecule has 1 N–H and O–H groups in total. The number of aromatic amines is 1. The lowest BCUT2D eigenvalue weighted by molar-refractivity contribution is -0.330. The number of H-pyrrole nitrogens is 1. The predicted octanol–water partition coefficient (Wildman–Crippen LogP) is 4.22. The van der Waals surface area contributed by atoms with Gasteiger partial charge in [0.05, 0.1) is 18.9 Å². The van der Waals surface area contributed by atoms with Crippen LogP contribution in [0.2, 0.25) is 5.04 Å². The van der Waals surface area contributed by atoms with E-state index in [2.05, 4.69) is 69.3 Å². The first-order valence-corrected chi connectivity index (χ1v) is 15.7. The van der Waals surface area contributed by atoms with Gasteiger partial charge in [-0.25, -0.2) is 4.79 Å². The minimum absolute atomic E-state index is 0.149. The molecule has 39 heavy (non-hydrogen) atoms. The summed E-state index contributed by atoms with van der Waals surface area (Å²) in [6.45, 7) is 7.16. The highest BCUT2D eigenvalue weighted by Gasteiger charge is 2.51. The van der Waals surface area contributed by atoms with Gasteiger partial charge in [-0.3, -0.25) is 14.3 Å². The van der Waals surface area contributed by atoms with Crippen molar-refractivity contribution in [1.29, 1.82) is 0 Å². The summed E-state index contributed by atoms with van der Waals surface area (Å²) in [5.41, 5.74) is -1.72. The van der Waals surface area contributed by atoms with Gasteiger partial charge in [0.2, 0.25) is 5.82 Å². The predicted molar refractivity (Wildman–Crippen MR) is 150 cm³/mol. The normalized spacial score (nSPS) is 24.1. The fraction of sp³-hybridized carbons (Fsp3) is 0.467. The molecular weight excluding hydrogens is 515 g/mol. The van der Waals surface area contributed by atoms with Crippen LogP contribution in [0, 0.1) is 5.82 Å². The van der Waals surface area contributed by atoms with Gasteiger partial charge in [-0.1, -0.05) is 81.4 Å². The lowest BCUT2D eigenvalue weighted by Gasteiger charge is -2.47. The van der Waals surface area contributed by atoms with E-state index in [1.807, 2.05) is 17.1 Å². The van der Waals surface area contributed by atoms with Gasteiger partial charge in [0.25, 0.3) is 13.9 Å². The fourth-order valence-electron chi connectivity index (χ4n) is 6.17. The molecule has 9 heteroatoms. The third kappa shape index (κ3) is 5.45. The highest BCUT2D eigenvalue weighted by molar-refractivity contribution is 6.99. The van der Waals surface area contributed by atoms with Gasteiger partial charge in [-0.05, 0) is 41.1 Å². The summed E-state index contributed by atoms with van der Waals surface area (Å²) in [4.78, 5) is 26.0. The van der Waals surface area contributed by atoms with E-state index in [-0.39, 0.29) is 11.1 Å². The molecule has 2 aliphatic rings. The van der Waals surface area contributed by atoms with E-state index in [1.54, 1.807) is 0 Å². The maximum atomic E-state index is 14.0. The Bertz CT molecular complexity index is 1340. The van der Waals surface area contributed by atoms with E-state index < -0.39 is 37.4 Å². The quantitative estimate of drug-likeness (QED) is 0.463. The molecule has 2 aromatic carbocycles. The fourth-order valence-corrected chi connectivity index (χ4v) is 10.8. The molecule has 2 fully saturated rings. The zero-order valence-corrected chi connectivity index (χ0v) is 23.8. The van der Waals surface area contributed by atoms with Crippen molar-refractivity contribution in [2.75, 3.05) is 6.61 Å². The van der Waals surface area contributed by atoms with Crippen molar-refractivity contribution in [3.63, 3.8) is 0 Å². The van der Waals surface area contributed by atoms with Gasteiger partial charge in [-0.2, -0.15) is 4.39 Å². The Morgan fingerprint density at radius 3 is 2.15 bits per heavy atom. The Hall–Kier alpha value is -2.85. The average molecular weight is 553 g/mol. The number of hydrogen-bond donors (Lipinski definition) is 1. The highest BCUT2D eigenvalue weighted by Crippen LogP contribution is 2.43. The summed E-state index contributed by atoms with van der Waals surface area (Å²) >= 11 is 0. The second-order valence-corrected chi connectivity index (χ2v) is 15.9. The lowest BCUT2D eigenvalue weighted by atomic mass is 9.94. The van der Waals surface area contributed by atoms with Gasteiger partial charge in [0.1, 0.15) is 6.23 Å². The number of nitrogens with one attached hydrogen (secondary N) is 1. The van der Waals surface area contributed by atoms with E-state index in [1.165, 1.54) is 10.4 Å². The molecule has 1 spiro atoms. The molecule has 0 amide bonds. The average Bonchev–Trinajstić information content (AvgIpc) is 2.92. The number of benzene rings is 2. The summed E-state index contributed by atoms with van der Waals surface area (Å²) in [5, 5.41) is 2.27. The first-order chi connectivity index (χ1) is 18.6. The van der Waals surface area contributed by atoms with Crippen LogP contribution in [0.15, 0.2) is 76.4 Å². The van der Waals surface area contributed by atoms with Crippen LogP contribution in [-0.2, 0) is 13.9 Å². The van der Waals surface area contributed by atoms with Gasteiger partial charge >= 0.3 is 5.69 Å². The van der Waals surface area contributed by atoms with Crippen LogP contribution in [0.1, 0.15) is 65.5 Å². The molecule has 0 aliphatic carbocycles. The lowest BCUT2D eigenvalue weighted by Crippen LogP contribution is -2.67. The molecule has 7 nitrogen and oxygen atoms in total. The van der Waals surface area contributed by atoms with Crippen molar-refractivity contribution < 1.29 is 18.3 Å². The summed E-state index contributed by atoms with van der Waals surface area (Å²) in [7, 11) is -2.72. The topological polar surface area (TPSA) is 82.6 Å². The zero-order chi connectivity index (χ0) is 27.7. The summed E-state index contributed by atoms with van der Waals surface area (Å²) in [6.07, 6.45) is 4.38. The van der Waals surface area contributed by atoms with Gasteiger partial charge in [0.15, 0.2) is 5.79 Å². The third-order valence-corrected chi connectivity index (χ3v) is 13.0. The smallest absolute Gasteiger partial charge is 0.330 e. The summed E-state index contributed by atoms with van der Waals surface area (Å²) in [6, 6.07) is 21.0. The molecule has 5 rings (SSSR count). The van der Waals surface area contributed by atoms with Crippen molar-refractivity contribution >= 4 is 18.7 Å². The monoisotopic (exact) mass is 552 g/mol. The van der Waals surface area contributed by atoms with Crippen LogP contribution in [-0.4, -0.2) is 36.4 Å². The van der Waals surface area contributed by atoms with Crippen molar-refractivity contribution in [1.82, 2.24) is 9.55 Å². The zero-order valence-electron chi connectivity index (χ0n) is 22.8. The molecule has 3 atom stereocenters. The molecule has 0 bridgehead atoms. The molecule has 208 valence electrons.